The molecule has 1 rings (SSSR count). The molecule has 0 aromatic rings. The molecule has 0 N–H and O–H groups in total. The number of rotatable bonds is 0. The third kappa shape index (κ3) is 1.08. The summed E-state index contributed by atoms with van der Waals surface area (Å²) < 4.78 is 8.09. The van der Waals surface area contributed by atoms with E-state index >= 15 is 0 Å². The van der Waals surface area contributed by atoms with E-state index in [4.69, 9.17) is 4.42 Å². The van der Waals surface area contributed by atoms with Crippen LogP contribution in [0.2, 0.25) is 0 Å². The van der Waals surface area contributed by atoms with Gasteiger partial charge in [-0.2, -0.15) is 0 Å². The molecule has 1 aliphatic rings. The van der Waals surface area contributed by atoms with E-state index in [-0.39, 0.29) is 0 Å². The van der Waals surface area contributed by atoms with Gasteiger partial charge in [-0.25, -0.2) is 0 Å². The molecule has 0 unspecified atom stereocenters. The first-order valence-electron chi connectivity index (χ1n) is 1.70. The number of aldehydes is 1. The van der Waals surface area contributed by atoms with Gasteiger partial charge >= 0.3 is 46.7 Å². The molecule has 0 amide bonds. The van der Waals surface area contributed by atoms with Gasteiger partial charge in [-0.05, 0) is 0 Å². The Morgan fingerprint density at radius 2 is 2.67 bits per heavy atom. The molecule has 0 spiro atoms. The van der Waals surface area contributed by atoms with E-state index < -0.39 is 0 Å². The maximum atomic E-state index is 4.79. The van der Waals surface area contributed by atoms with Gasteiger partial charge in [0.15, 0.2) is 0 Å². The summed E-state index contributed by atoms with van der Waals surface area (Å²) in [7, 11) is 0. The van der Waals surface area contributed by atoms with Crippen LogP contribution in [0.4, 0.5) is 0 Å². The quantitative estimate of drug-likeness (QED) is 0.173. The summed E-state index contributed by atoms with van der Waals surface area (Å²) >= 11 is 0.354. The van der Waals surface area contributed by atoms with Crippen molar-refractivity contribution in [2.24, 2.45) is 0 Å². The predicted octanol–water partition coefficient (Wildman–Crippen LogP) is -2.71. The topological polar surface area (TPSA) is 11.3 Å². The summed E-state index contributed by atoms with van der Waals surface area (Å²) in [6.07, 6.45) is 3.62. The minimum atomic E-state index is 0.354. The molecule has 0 aliphatic carbocycles. The fourth-order valence-electron chi connectivity index (χ4n) is 0.246. The van der Waals surface area contributed by atoms with Crippen molar-refractivity contribution < 1.29 is 25.6 Å². The zero-order valence-electron chi connectivity index (χ0n) is 3.23. The predicted molar refractivity (Wildman–Crippen MR) is 20.1 cm³/mol. The van der Waals surface area contributed by atoms with E-state index in [9.17, 15) is 0 Å². The van der Waals surface area contributed by atoms with Crippen LogP contribution in [0.1, 0.15) is 0 Å². The summed E-state index contributed by atoms with van der Waals surface area (Å²) in [6.45, 7) is 0. The van der Waals surface area contributed by atoms with Gasteiger partial charge in [0.1, 0.15) is 0 Å². The van der Waals surface area contributed by atoms with Crippen LogP contribution in [0.3, 0.4) is 0 Å². The number of hydrogen-bond acceptors (Lipinski definition) is 0. The van der Waals surface area contributed by atoms with Gasteiger partial charge in [-0.3, -0.25) is 0 Å². The first-order valence-corrected chi connectivity index (χ1v) is 4.47. The second-order valence-electron chi connectivity index (χ2n) is 0.873. The third-order valence-electron chi connectivity index (χ3n) is 0.467. The molecule has 0 saturated carbocycles. The van der Waals surface area contributed by atoms with Crippen molar-refractivity contribution >= 4 is 6.29 Å². The molecule has 0 radical (unpaired) electrons. The van der Waals surface area contributed by atoms with Crippen LogP contribution in [0.15, 0.2) is 10.3 Å². The SMILES string of the molecule is C1=C[I-]CC=[O+]1. The van der Waals surface area contributed by atoms with E-state index in [1.807, 2.05) is 6.29 Å². The van der Waals surface area contributed by atoms with Gasteiger partial charge in [0, 0.05) is 0 Å². The van der Waals surface area contributed by atoms with Crippen LogP contribution >= 0.6 is 0 Å². The Morgan fingerprint density at radius 3 is 2.83 bits per heavy atom. The van der Waals surface area contributed by atoms with E-state index in [0.717, 1.165) is 0 Å². The van der Waals surface area contributed by atoms with Gasteiger partial charge < -0.3 is 0 Å². The first kappa shape index (κ1) is 4.30. The van der Waals surface area contributed by atoms with Crippen molar-refractivity contribution in [1.82, 2.24) is 0 Å². The second-order valence-corrected chi connectivity index (χ2v) is 3.35. The molecular weight excluding hydrogens is 191 g/mol. The molecular formula is C4H5IO. The summed E-state index contributed by atoms with van der Waals surface area (Å²) in [5, 5.41) is 0. The Hall–Kier alpha value is 0.140. The monoisotopic (exact) mass is 196 g/mol. The molecule has 0 saturated heterocycles. The van der Waals surface area contributed by atoms with Crippen LogP contribution in [0.5, 0.6) is 0 Å². The molecule has 1 nitrogen and oxygen atoms in total. The molecule has 34 valence electrons. The summed E-state index contributed by atoms with van der Waals surface area (Å²) in [6, 6.07) is 0. The number of carbonyl (C=O) groups excluding carboxylic acids is 1. The van der Waals surface area contributed by atoms with Gasteiger partial charge in [-0.1, -0.05) is 0 Å². The van der Waals surface area contributed by atoms with Gasteiger partial charge in [-0.15, -0.1) is 0 Å². The standard InChI is InChI=1S/C4H5IO/c1-3-6-4-2-5-1/h1,3-4H,2H2. The number of alkyl halides is 1. The molecule has 2 heteroatoms. The molecule has 0 bridgehead atoms. The Balaban J connectivity index is 2.46. The molecule has 1 heterocycles. The summed E-state index contributed by atoms with van der Waals surface area (Å²) in [4.78, 5) is 0. The van der Waals surface area contributed by atoms with Crippen molar-refractivity contribution in [2.75, 3.05) is 4.43 Å². The van der Waals surface area contributed by atoms with Crippen molar-refractivity contribution in [2.45, 2.75) is 0 Å². The molecule has 0 aromatic carbocycles. The van der Waals surface area contributed by atoms with Crippen molar-refractivity contribution in [1.29, 1.82) is 0 Å². The van der Waals surface area contributed by atoms with E-state index in [0.29, 0.717) is 21.2 Å². The van der Waals surface area contributed by atoms with Crippen molar-refractivity contribution in [3.63, 3.8) is 0 Å². The van der Waals surface area contributed by atoms with Gasteiger partial charge in [0.25, 0.3) is 0 Å². The van der Waals surface area contributed by atoms with Crippen LogP contribution in [0, 0.1) is 0 Å². The van der Waals surface area contributed by atoms with Crippen LogP contribution in [-0.4, -0.2) is 10.7 Å². The molecule has 1 aliphatic heterocycles. The first-order chi connectivity index (χ1) is 3.00. The van der Waals surface area contributed by atoms with Crippen LogP contribution in [0.25, 0.3) is 0 Å². The maximum absolute atomic E-state index is 4.79. The minimum absolute atomic E-state index is 0.354. The van der Waals surface area contributed by atoms with Crippen LogP contribution in [-0.2, 0) is 4.42 Å². The zero-order valence-corrected chi connectivity index (χ0v) is 5.38. The van der Waals surface area contributed by atoms with E-state index in [2.05, 4.69) is 4.08 Å². The zero-order chi connectivity index (χ0) is 4.24. The Labute approximate surface area is 47.0 Å². The normalized spacial score (nSPS) is 20.0. The summed E-state index contributed by atoms with van der Waals surface area (Å²) in [5.41, 5.74) is 0. The average Bonchev–Trinajstić information content (AvgIpc) is 1.72. The Kier molecular flexibility index (Phi) is 1.68. The van der Waals surface area contributed by atoms with E-state index in [1.54, 1.807) is 6.26 Å². The fourth-order valence-corrected chi connectivity index (χ4v) is 1.33. The van der Waals surface area contributed by atoms with Crippen LogP contribution < -0.4 is 21.2 Å². The summed E-state index contributed by atoms with van der Waals surface area (Å²) in [5.74, 6) is 0. The van der Waals surface area contributed by atoms with Gasteiger partial charge in [0.2, 0.25) is 0 Å². The Morgan fingerprint density at radius 1 is 1.67 bits per heavy atom. The van der Waals surface area contributed by atoms with E-state index in [1.165, 1.54) is 4.43 Å². The molecule has 0 aromatic heterocycles. The average molecular weight is 196 g/mol. The van der Waals surface area contributed by atoms with Crippen molar-refractivity contribution in [3.8, 4) is 0 Å². The fraction of sp³-hybridized carbons (Fsp3) is 0.250. The van der Waals surface area contributed by atoms with Gasteiger partial charge in [0.05, 0.1) is 0 Å². The Bertz CT molecular complexity index is 73.5. The third-order valence-corrected chi connectivity index (χ3v) is 2.14. The molecule has 0 fully saturated rings. The van der Waals surface area contributed by atoms with Crippen molar-refractivity contribution in [3.05, 3.63) is 10.3 Å². The second kappa shape index (κ2) is 2.34. The number of halogens is 1. The number of hydrogen-bond donors (Lipinski definition) is 0. The molecule has 0 atom stereocenters. The molecule has 6 heavy (non-hydrogen) atoms.